The largest absolute Gasteiger partial charge is 0.337 e. The first-order chi connectivity index (χ1) is 9.97. The molecule has 0 saturated carbocycles. The number of rotatable bonds is 3. The summed E-state index contributed by atoms with van der Waals surface area (Å²) < 4.78 is 1.06. The minimum atomic E-state index is 0.134. The third-order valence-corrected chi connectivity index (χ3v) is 4.42. The van der Waals surface area contributed by atoms with Crippen molar-refractivity contribution in [2.75, 3.05) is 33.2 Å². The second-order valence-electron chi connectivity index (χ2n) is 5.89. The van der Waals surface area contributed by atoms with Gasteiger partial charge in [-0.1, -0.05) is 41.9 Å². The van der Waals surface area contributed by atoms with Gasteiger partial charge in [0.05, 0.1) is 0 Å². The molecule has 0 radical (unpaired) electrons. The Morgan fingerprint density at radius 2 is 1.71 bits per heavy atom. The average molecular weight is 351 g/mol. The summed E-state index contributed by atoms with van der Waals surface area (Å²) in [6.45, 7) is 7.80. The lowest BCUT2D eigenvalue weighted by Gasteiger charge is -2.32. The lowest BCUT2D eigenvalue weighted by atomic mass is 9.95. The summed E-state index contributed by atoms with van der Waals surface area (Å²) >= 11 is 3.45. The van der Waals surface area contributed by atoms with Crippen LogP contribution in [0.2, 0.25) is 0 Å². The summed E-state index contributed by atoms with van der Waals surface area (Å²) in [5.41, 5.74) is 2.22. The zero-order valence-electron chi connectivity index (χ0n) is 13.0. The number of hydrogen-bond donors (Lipinski definition) is 0. The van der Waals surface area contributed by atoms with Gasteiger partial charge in [0.25, 0.3) is 0 Å². The van der Waals surface area contributed by atoms with Crippen LogP contribution in [0.5, 0.6) is 0 Å². The summed E-state index contributed by atoms with van der Waals surface area (Å²) in [5.74, 6) is 0.456. The number of hydrogen-bond acceptors (Lipinski definition) is 2. The summed E-state index contributed by atoms with van der Waals surface area (Å²) in [6.07, 6.45) is 1.82. The van der Waals surface area contributed by atoms with Gasteiger partial charge in [-0.05, 0) is 36.2 Å². The van der Waals surface area contributed by atoms with Crippen LogP contribution in [0.15, 0.2) is 34.8 Å². The standard InChI is InChI=1S/C17H23BrN2O/c1-13(2)16(14-4-6-15(18)7-5-14)12-17(21)20-10-8-19(3)9-11-20/h4-7,12-13H,8-11H2,1-3H3/b16-12+. The predicted molar refractivity (Wildman–Crippen MR) is 91.0 cm³/mol. The fourth-order valence-corrected chi connectivity index (χ4v) is 2.74. The van der Waals surface area contributed by atoms with Crippen molar-refractivity contribution in [3.63, 3.8) is 0 Å². The number of likely N-dealkylation sites (N-methyl/N-ethyl adjacent to an activating group) is 1. The van der Waals surface area contributed by atoms with Gasteiger partial charge < -0.3 is 9.80 Å². The van der Waals surface area contributed by atoms with E-state index < -0.39 is 0 Å². The van der Waals surface area contributed by atoms with E-state index in [-0.39, 0.29) is 5.91 Å². The topological polar surface area (TPSA) is 23.6 Å². The van der Waals surface area contributed by atoms with Crippen molar-refractivity contribution < 1.29 is 4.79 Å². The Hall–Kier alpha value is -1.13. The van der Waals surface area contributed by atoms with Gasteiger partial charge in [-0.15, -0.1) is 0 Å². The van der Waals surface area contributed by atoms with Crippen molar-refractivity contribution in [2.24, 2.45) is 5.92 Å². The van der Waals surface area contributed by atoms with Crippen molar-refractivity contribution in [3.8, 4) is 0 Å². The molecule has 0 atom stereocenters. The van der Waals surface area contributed by atoms with Crippen molar-refractivity contribution in [1.82, 2.24) is 9.80 Å². The van der Waals surface area contributed by atoms with Gasteiger partial charge in [0.15, 0.2) is 0 Å². The van der Waals surface area contributed by atoms with Crippen LogP contribution in [0.3, 0.4) is 0 Å². The minimum Gasteiger partial charge on any atom is -0.337 e. The number of piperazine rings is 1. The van der Waals surface area contributed by atoms with Crippen molar-refractivity contribution in [3.05, 3.63) is 40.4 Å². The monoisotopic (exact) mass is 350 g/mol. The van der Waals surface area contributed by atoms with Gasteiger partial charge >= 0.3 is 0 Å². The van der Waals surface area contributed by atoms with Gasteiger partial charge in [0, 0.05) is 36.7 Å². The van der Waals surface area contributed by atoms with Gasteiger partial charge in [0.2, 0.25) is 5.91 Å². The van der Waals surface area contributed by atoms with Crippen LogP contribution in [-0.4, -0.2) is 48.9 Å². The molecular formula is C17H23BrN2O. The first-order valence-electron chi connectivity index (χ1n) is 7.42. The zero-order valence-corrected chi connectivity index (χ0v) is 14.6. The van der Waals surface area contributed by atoms with Gasteiger partial charge in [-0.3, -0.25) is 4.79 Å². The molecule has 0 N–H and O–H groups in total. The third kappa shape index (κ3) is 4.42. The predicted octanol–water partition coefficient (Wildman–Crippen LogP) is 3.26. The zero-order chi connectivity index (χ0) is 15.4. The molecule has 114 valence electrons. The Balaban J connectivity index is 2.17. The molecule has 0 bridgehead atoms. The quantitative estimate of drug-likeness (QED) is 0.781. The summed E-state index contributed by atoms with van der Waals surface area (Å²) in [7, 11) is 2.10. The number of halogens is 1. The minimum absolute atomic E-state index is 0.134. The van der Waals surface area contributed by atoms with E-state index in [9.17, 15) is 4.79 Å². The molecule has 1 heterocycles. The highest BCUT2D eigenvalue weighted by atomic mass is 79.9. The number of amides is 1. The molecule has 0 aliphatic carbocycles. The van der Waals surface area contributed by atoms with Crippen LogP contribution in [-0.2, 0) is 4.79 Å². The Kier molecular flexibility index (Phi) is 5.59. The van der Waals surface area contributed by atoms with Crippen molar-refractivity contribution >= 4 is 27.4 Å². The molecule has 21 heavy (non-hydrogen) atoms. The van der Waals surface area contributed by atoms with E-state index in [4.69, 9.17) is 0 Å². The molecule has 2 rings (SSSR count). The molecule has 3 nitrogen and oxygen atoms in total. The number of allylic oxidation sites excluding steroid dienone is 1. The Bertz CT molecular complexity index is 514. The normalized spacial score (nSPS) is 17.4. The molecule has 1 aliphatic heterocycles. The third-order valence-electron chi connectivity index (χ3n) is 3.89. The van der Waals surface area contributed by atoms with Gasteiger partial charge in [-0.25, -0.2) is 0 Å². The maximum absolute atomic E-state index is 12.5. The molecule has 1 fully saturated rings. The number of carbonyl (C=O) groups excluding carboxylic acids is 1. The smallest absolute Gasteiger partial charge is 0.246 e. The number of benzene rings is 1. The molecular weight excluding hydrogens is 328 g/mol. The van der Waals surface area contributed by atoms with Crippen LogP contribution in [0, 0.1) is 5.92 Å². The molecule has 1 aromatic carbocycles. The lowest BCUT2D eigenvalue weighted by Crippen LogP contribution is -2.46. The maximum Gasteiger partial charge on any atom is 0.246 e. The summed E-state index contributed by atoms with van der Waals surface area (Å²) in [6, 6.07) is 8.16. The maximum atomic E-state index is 12.5. The second-order valence-corrected chi connectivity index (χ2v) is 6.81. The summed E-state index contributed by atoms with van der Waals surface area (Å²) in [4.78, 5) is 16.7. The average Bonchev–Trinajstić information content (AvgIpc) is 2.46. The summed E-state index contributed by atoms with van der Waals surface area (Å²) in [5, 5.41) is 0. The Labute approximate surface area is 135 Å². The van der Waals surface area contributed by atoms with E-state index in [0.717, 1.165) is 41.8 Å². The molecule has 1 saturated heterocycles. The first kappa shape index (κ1) is 16.2. The van der Waals surface area contributed by atoms with E-state index in [2.05, 4.69) is 53.9 Å². The van der Waals surface area contributed by atoms with Gasteiger partial charge in [0.1, 0.15) is 0 Å². The Morgan fingerprint density at radius 3 is 2.24 bits per heavy atom. The molecule has 1 aliphatic rings. The molecule has 0 unspecified atom stereocenters. The highest BCUT2D eigenvalue weighted by molar-refractivity contribution is 9.10. The fraction of sp³-hybridized carbons (Fsp3) is 0.471. The van der Waals surface area contributed by atoms with E-state index in [1.165, 1.54) is 0 Å². The van der Waals surface area contributed by atoms with Crippen LogP contribution in [0.4, 0.5) is 0 Å². The van der Waals surface area contributed by atoms with E-state index in [1.807, 2.05) is 23.1 Å². The van der Waals surface area contributed by atoms with Crippen LogP contribution < -0.4 is 0 Å². The Morgan fingerprint density at radius 1 is 1.14 bits per heavy atom. The molecule has 4 heteroatoms. The van der Waals surface area contributed by atoms with Crippen LogP contribution >= 0.6 is 15.9 Å². The van der Waals surface area contributed by atoms with E-state index in [0.29, 0.717) is 5.92 Å². The van der Waals surface area contributed by atoms with Crippen molar-refractivity contribution in [1.29, 1.82) is 0 Å². The fourth-order valence-electron chi connectivity index (χ4n) is 2.48. The second kappa shape index (κ2) is 7.23. The highest BCUT2D eigenvalue weighted by Crippen LogP contribution is 2.25. The highest BCUT2D eigenvalue weighted by Gasteiger charge is 2.19. The molecule has 1 aromatic rings. The number of nitrogens with zero attached hydrogens (tertiary/aromatic N) is 2. The van der Waals surface area contributed by atoms with E-state index >= 15 is 0 Å². The van der Waals surface area contributed by atoms with Crippen LogP contribution in [0.1, 0.15) is 19.4 Å². The van der Waals surface area contributed by atoms with Crippen LogP contribution in [0.25, 0.3) is 5.57 Å². The number of carbonyl (C=O) groups is 1. The lowest BCUT2D eigenvalue weighted by molar-refractivity contribution is -0.127. The van der Waals surface area contributed by atoms with Gasteiger partial charge in [-0.2, -0.15) is 0 Å². The molecule has 0 spiro atoms. The van der Waals surface area contributed by atoms with E-state index in [1.54, 1.807) is 0 Å². The van der Waals surface area contributed by atoms with Crippen molar-refractivity contribution in [2.45, 2.75) is 13.8 Å². The first-order valence-corrected chi connectivity index (χ1v) is 8.21. The molecule has 0 aromatic heterocycles. The molecule has 1 amide bonds. The SMILES string of the molecule is CC(C)/C(=C\C(=O)N1CCN(C)CC1)c1ccc(Br)cc1.